The number of thiazole rings is 1. The van der Waals surface area contributed by atoms with Gasteiger partial charge in [-0.2, -0.15) is 0 Å². The second-order valence-electron chi connectivity index (χ2n) is 6.79. The molecular formula is C21H19ClN4OS. The van der Waals surface area contributed by atoms with E-state index in [1.54, 1.807) is 0 Å². The molecule has 5 nitrogen and oxygen atoms in total. The molecule has 1 atom stereocenters. The van der Waals surface area contributed by atoms with Gasteiger partial charge in [0.1, 0.15) is 17.6 Å². The number of rotatable bonds is 5. The summed E-state index contributed by atoms with van der Waals surface area (Å²) in [5.74, 6) is 0.571. The number of aromatic nitrogens is 3. The third-order valence-corrected chi connectivity index (χ3v) is 5.92. The first-order valence-corrected chi connectivity index (χ1v) is 10.2. The lowest BCUT2D eigenvalue weighted by atomic mass is 10.1. The second-order valence-corrected chi connectivity index (χ2v) is 8.40. The molecule has 0 saturated carbocycles. The SMILES string of the molecule is CC(C)c1sc(Cl)nc1C(=O)N[C@H](c1ccccc1)c1nc2ccccc2[nH]1. The van der Waals surface area contributed by atoms with Gasteiger partial charge in [0.2, 0.25) is 0 Å². The van der Waals surface area contributed by atoms with Crippen LogP contribution in [-0.4, -0.2) is 20.9 Å². The Balaban J connectivity index is 1.73. The Kier molecular flexibility index (Phi) is 5.15. The minimum Gasteiger partial charge on any atom is -0.340 e. The summed E-state index contributed by atoms with van der Waals surface area (Å²) >= 11 is 7.43. The van der Waals surface area contributed by atoms with E-state index >= 15 is 0 Å². The molecule has 28 heavy (non-hydrogen) atoms. The van der Waals surface area contributed by atoms with E-state index < -0.39 is 6.04 Å². The maximum absolute atomic E-state index is 13.1. The van der Waals surface area contributed by atoms with Crippen molar-refractivity contribution in [1.82, 2.24) is 20.3 Å². The first kappa shape index (κ1) is 18.7. The molecule has 0 saturated heterocycles. The lowest BCUT2D eigenvalue weighted by Gasteiger charge is -2.17. The molecule has 4 aromatic rings. The maximum atomic E-state index is 13.1. The molecule has 0 fully saturated rings. The summed E-state index contributed by atoms with van der Waals surface area (Å²) < 4.78 is 0.369. The van der Waals surface area contributed by atoms with Crippen molar-refractivity contribution in [1.29, 1.82) is 0 Å². The zero-order chi connectivity index (χ0) is 19.7. The molecular weight excluding hydrogens is 392 g/mol. The van der Waals surface area contributed by atoms with Gasteiger partial charge in [-0.05, 0) is 23.6 Å². The van der Waals surface area contributed by atoms with Gasteiger partial charge >= 0.3 is 0 Å². The van der Waals surface area contributed by atoms with Gasteiger partial charge < -0.3 is 10.3 Å². The normalized spacial score (nSPS) is 12.4. The minimum atomic E-state index is -0.429. The summed E-state index contributed by atoms with van der Waals surface area (Å²) in [5.41, 5.74) is 3.09. The third kappa shape index (κ3) is 3.66. The molecule has 0 aliphatic carbocycles. The molecule has 0 unspecified atom stereocenters. The molecule has 1 amide bonds. The number of amides is 1. The molecule has 142 valence electrons. The molecule has 0 aliphatic heterocycles. The zero-order valence-corrected chi connectivity index (χ0v) is 17.0. The van der Waals surface area contributed by atoms with Crippen LogP contribution >= 0.6 is 22.9 Å². The van der Waals surface area contributed by atoms with Crippen LogP contribution in [0.25, 0.3) is 11.0 Å². The summed E-state index contributed by atoms with van der Waals surface area (Å²) in [5, 5.41) is 3.09. The number of aromatic amines is 1. The summed E-state index contributed by atoms with van der Waals surface area (Å²) in [6.07, 6.45) is 0. The average molecular weight is 411 g/mol. The fourth-order valence-electron chi connectivity index (χ4n) is 3.12. The number of nitrogens with one attached hydrogen (secondary N) is 2. The van der Waals surface area contributed by atoms with E-state index in [-0.39, 0.29) is 11.8 Å². The molecule has 2 aromatic carbocycles. The Bertz CT molecular complexity index is 1090. The Morgan fingerprint density at radius 2 is 1.79 bits per heavy atom. The van der Waals surface area contributed by atoms with Crippen LogP contribution in [-0.2, 0) is 0 Å². The van der Waals surface area contributed by atoms with E-state index in [1.807, 2.05) is 68.4 Å². The van der Waals surface area contributed by atoms with Crippen molar-refractivity contribution in [3.8, 4) is 0 Å². The number of nitrogens with zero attached hydrogens (tertiary/aromatic N) is 2. The largest absolute Gasteiger partial charge is 0.340 e. The van der Waals surface area contributed by atoms with Gasteiger partial charge in [-0.25, -0.2) is 9.97 Å². The highest BCUT2D eigenvalue weighted by Gasteiger charge is 2.25. The highest BCUT2D eigenvalue weighted by atomic mass is 35.5. The van der Waals surface area contributed by atoms with Crippen LogP contribution in [0.1, 0.15) is 52.6 Å². The van der Waals surface area contributed by atoms with Crippen molar-refractivity contribution in [3.63, 3.8) is 0 Å². The first-order valence-electron chi connectivity index (χ1n) is 8.99. The monoisotopic (exact) mass is 410 g/mol. The van der Waals surface area contributed by atoms with Crippen molar-refractivity contribution in [2.24, 2.45) is 0 Å². The smallest absolute Gasteiger partial charge is 0.271 e. The number of benzene rings is 2. The first-order chi connectivity index (χ1) is 13.5. The van der Waals surface area contributed by atoms with Crippen LogP contribution in [0.3, 0.4) is 0 Å². The molecule has 7 heteroatoms. The lowest BCUT2D eigenvalue weighted by Crippen LogP contribution is -2.31. The summed E-state index contributed by atoms with van der Waals surface area (Å²) in [7, 11) is 0. The highest BCUT2D eigenvalue weighted by molar-refractivity contribution is 7.16. The maximum Gasteiger partial charge on any atom is 0.271 e. The van der Waals surface area contributed by atoms with Crippen molar-refractivity contribution in [2.75, 3.05) is 0 Å². The van der Waals surface area contributed by atoms with Crippen LogP contribution < -0.4 is 5.32 Å². The van der Waals surface area contributed by atoms with Crippen molar-refractivity contribution < 1.29 is 4.79 Å². The molecule has 0 radical (unpaired) electrons. The molecule has 2 aromatic heterocycles. The van der Waals surface area contributed by atoms with Crippen LogP contribution in [0.2, 0.25) is 4.47 Å². The fraction of sp³-hybridized carbons (Fsp3) is 0.190. The summed E-state index contributed by atoms with van der Waals surface area (Å²) in [4.78, 5) is 26.2. The molecule has 0 aliphatic rings. The van der Waals surface area contributed by atoms with Crippen molar-refractivity contribution >= 4 is 39.9 Å². The van der Waals surface area contributed by atoms with E-state index in [9.17, 15) is 4.79 Å². The van der Waals surface area contributed by atoms with Crippen LogP contribution in [0.4, 0.5) is 0 Å². The van der Waals surface area contributed by atoms with Gasteiger partial charge in [0.15, 0.2) is 4.47 Å². The quantitative estimate of drug-likeness (QED) is 0.468. The van der Waals surface area contributed by atoms with Crippen LogP contribution in [0.15, 0.2) is 54.6 Å². The van der Waals surface area contributed by atoms with Gasteiger partial charge in [0.25, 0.3) is 5.91 Å². The predicted molar refractivity (Wildman–Crippen MR) is 113 cm³/mol. The number of hydrogen-bond acceptors (Lipinski definition) is 4. The van der Waals surface area contributed by atoms with Gasteiger partial charge in [-0.1, -0.05) is 67.9 Å². The Hall–Kier alpha value is -2.70. The molecule has 0 bridgehead atoms. The molecule has 0 spiro atoms. The van der Waals surface area contributed by atoms with Crippen LogP contribution in [0, 0.1) is 0 Å². The summed E-state index contributed by atoms with van der Waals surface area (Å²) in [6, 6.07) is 17.1. The number of fused-ring (bicyclic) bond motifs is 1. The average Bonchev–Trinajstić information content (AvgIpc) is 3.30. The van der Waals surface area contributed by atoms with E-state index in [4.69, 9.17) is 11.6 Å². The van der Waals surface area contributed by atoms with E-state index in [2.05, 4.69) is 20.3 Å². The molecule has 4 rings (SSSR count). The zero-order valence-electron chi connectivity index (χ0n) is 15.4. The third-order valence-electron chi connectivity index (χ3n) is 4.46. The van der Waals surface area contributed by atoms with Gasteiger partial charge in [-0.3, -0.25) is 4.79 Å². The number of H-pyrrole nitrogens is 1. The lowest BCUT2D eigenvalue weighted by molar-refractivity contribution is 0.0936. The van der Waals surface area contributed by atoms with Crippen LogP contribution in [0.5, 0.6) is 0 Å². The minimum absolute atomic E-state index is 0.159. The van der Waals surface area contributed by atoms with Crippen molar-refractivity contribution in [3.05, 3.63) is 81.0 Å². The van der Waals surface area contributed by atoms with Crippen molar-refractivity contribution in [2.45, 2.75) is 25.8 Å². The predicted octanol–water partition coefficient (Wildman–Crippen LogP) is 5.32. The van der Waals surface area contributed by atoms with Gasteiger partial charge in [0, 0.05) is 4.88 Å². The van der Waals surface area contributed by atoms with E-state index in [0.29, 0.717) is 16.0 Å². The fourth-order valence-corrected chi connectivity index (χ4v) is 4.25. The number of carbonyl (C=O) groups excluding carboxylic acids is 1. The molecule has 2 heterocycles. The topological polar surface area (TPSA) is 70.7 Å². The van der Waals surface area contributed by atoms with E-state index in [0.717, 1.165) is 21.5 Å². The number of para-hydroxylation sites is 2. The molecule has 2 N–H and O–H groups in total. The Labute approximate surface area is 171 Å². The highest BCUT2D eigenvalue weighted by Crippen LogP contribution is 2.30. The van der Waals surface area contributed by atoms with Gasteiger partial charge in [0.05, 0.1) is 11.0 Å². The second kappa shape index (κ2) is 7.73. The number of hydrogen-bond donors (Lipinski definition) is 2. The summed E-state index contributed by atoms with van der Waals surface area (Å²) in [6.45, 7) is 4.04. The number of imidazole rings is 1. The number of carbonyl (C=O) groups is 1. The number of halogens is 1. The van der Waals surface area contributed by atoms with Gasteiger partial charge in [-0.15, -0.1) is 11.3 Å². The Morgan fingerprint density at radius 3 is 2.50 bits per heavy atom. The Morgan fingerprint density at radius 1 is 1.07 bits per heavy atom. The van der Waals surface area contributed by atoms with E-state index in [1.165, 1.54) is 11.3 Å². The standard InChI is InChI=1S/C21H19ClN4OS/c1-12(2)18-17(26-21(22)28-18)20(27)25-16(13-8-4-3-5-9-13)19-23-14-10-6-7-11-15(14)24-19/h3-12,16H,1-2H3,(H,23,24)(H,25,27)/t16-/m1/s1.